The lowest BCUT2D eigenvalue weighted by molar-refractivity contribution is -0.123. The van der Waals surface area contributed by atoms with Gasteiger partial charge < -0.3 is 0 Å². The van der Waals surface area contributed by atoms with Gasteiger partial charge in [-0.1, -0.05) is 26.7 Å². The summed E-state index contributed by atoms with van der Waals surface area (Å²) in [6.07, 6.45) is 10.2. The summed E-state index contributed by atoms with van der Waals surface area (Å²) in [4.78, 5) is 16.7. The first-order chi connectivity index (χ1) is 9.74. The van der Waals surface area contributed by atoms with E-state index in [2.05, 4.69) is 23.9 Å². The molecule has 0 atom stereocenters. The van der Waals surface area contributed by atoms with E-state index in [1.165, 1.54) is 25.7 Å². The van der Waals surface area contributed by atoms with Crippen molar-refractivity contribution in [3.8, 4) is 0 Å². The Bertz CT molecular complexity index is 419. The highest BCUT2D eigenvalue weighted by atomic mass is 16.1. The Labute approximate surface area is 122 Å². The van der Waals surface area contributed by atoms with E-state index in [0.717, 1.165) is 37.5 Å². The van der Waals surface area contributed by atoms with Crippen LogP contribution in [-0.4, -0.2) is 20.5 Å². The molecule has 0 N–H and O–H groups in total. The molecular weight excluding hydrogens is 250 g/mol. The molecule has 2 rings (SSSR count). The minimum atomic E-state index is 0.259. The van der Waals surface area contributed by atoms with Crippen LogP contribution in [0, 0.1) is 11.8 Å². The second-order valence-electron chi connectivity index (χ2n) is 6.05. The summed E-state index contributed by atoms with van der Waals surface area (Å²) < 4.78 is 1.88. The highest BCUT2D eigenvalue weighted by molar-refractivity contribution is 5.82. The highest BCUT2D eigenvalue weighted by Gasteiger charge is 2.26. The van der Waals surface area contributed by atoms with Crippen molar-refractivity contribution in [2.24, 2.45) is 11.8 Å². The molecule has 20 heavy (non-hydrogen) atoms. The fourth-order valence-corrected chi connectivity index (χ4v) is 3.31. The first-order valence-electron chi connectivity index (χ1n) is 8.14. The molecular formula is C16H27N3O. The SMILES string of the molecule is CCCC1CCC(C(=O)Cc2ncnn2CCC)CC1. The molecule has 1 fully saturated rings. The zero-order chi connectivity index (χ0) is 14.4. The second-order valence-corrected chi connectivity index (χ2v) is 6.05. The normalized spacial score (nSPS) is 22.9. The summed E-state index contributed by atoms with van der Waals surface area (Å²) in [7, 11) is 0. The second kappa shape index (κ2) is 7.55. The van der Waals surface area contributed by atoms with Gasteiger partial charge in [0.15, 0.2) is 0 Å². The van der Waals surface area contributed by atoms with Gasteiger partial charge in [-0.15, -0.1) is 0 Å². The Morgan fingerprint density at radius 3 is 2.65 bits per heavy atom. The van der Waals surface area contributed by atoms with Gasteiger partial charge in [-0.05, 0) is 38.0 Å². The van der Waals surface area contributed by atoms with Crippen molar-refractivity contribution >= 4 is 5.78 Å². The summed E-state index contributed by atoms with van der Waals surface area (Å²) in [5.74, 6) is 2.32. The molecule has 1 aromatic rings. The standard InChI is InChI=1S/C16H27N3O/c1-3-5-13-6-8-14(9-7-13)15(20)11-16-17-12-18-19(16)10-4-2/h12-14H,3-11H2,1-2H3. The number of carbonyl (C=O) groups is 1. The van der Waals surface area contributed by atoms with E-state index >= 15 is 0 Å². The summed E-state index contributed by atoms with van der Waals surface area (Å²) in [5, 5.41) is 4.19. The maximum absolute atomic E-state index is 12.4. The molecule has 0 bridgehead atoms. The molecule has 1 aliphatic rings. The van der Waals surface area contributed by atoms with Crippen molar-refractivity contribution in [3.05, 3.63) is 12.2 Å². The molecule has 1 heterocycles. The lowest BCUT2D eigenvalue weighted by Crippen LogP contribution is -2.24. The average Bonchev–Trinajstić information content (AvgIpc) is 2.88. The monoisotopic (exact) mass is 277 g/mol. The van der Waals surface area contributed by atoms with E-state index in [0.29, 0.717) is 12.2 Å². The van der Waals surface area contributed by atoms with Crippen LogP contribution < -0.4 is 0 Å². The maximum atomic E-state index is 12.4. The van der Waals surface area contributed by atoms with Gasteiger partial charge in [0.1, 0.15) is 17.9 Å². The van der Waals surface area contributed by atoms with Gasteiger partial charge in [-0.25, -0.2) is 9.67 Å². The van der Waals surface area contributed by atoms with Crippen molar-refractivity contribution in [2.45, 2.75) is 71.8 Å². The molecule has 4 nitrogen and oxygen atoms in total. The van der Waals surface area contributed by atoms with Crippen LogP contribution in [0.5, 0.6) is 0 Å². The van der Waals surface area contributed by atoms with Crippen LogP contribution in [0.3, 0.4) is 0 Å². The van der Waals surface area contributed by atoms with E-state index in [4.69, 9.17) is 0 Å². The minimum Gasteiger partial charge on any atom is -0.299 e. The van der Waals surface area contributed by atoms with Crippen molar-refractivity contribution in [1.82, 2.24) is 14.8 Å². The Kier molecular flexibility index (Phi) is 5.74. The van der Waals surface area contributed by atoms with E-state index in [1.807, 2.05) is 4.68 Å². The van der Waals surface area contributed by atoms with E-state index in [-0.39, 0.29) is 5.92 Å². The number of Topliss-reactive ketones (excluding diaryl/α,β-unsaturated/α-hetero) is 1. The quantitative estimate of drug-likeness (QED) is 0.767. The molecule has 0 unspecified atom stereocenters. The van der Waals surface area contributed by atoms with Crippen molar-refractivity contribution < 1.29 is 4.79 Å². The predicted octanol–water partition coefficient (Wildman–Crippen LogP) is 3.41. The number of hydrogen-bond donors (Lipinski definition) is 0. The van der Waals surface area contributed by atoms with Gasteiger partial charge in [-0.2, -0.15) is 5.10 Å². The molecule has 0 amide bonds. The zero-order valence-corrected chi connectivity index (χ0v) is 12.8. The van der Waals surface area contributed by atoms with Crippen LogP contribution in [-0.2, 0) is 17.8 Å². The minimum absolute atomic E-state index is 0.259. The predicted molar refractivity (Wildman–Crippen MR) is 79.4 cm³/mol. The Morgan fingerprint density at radius 1 is 1.25 bits per heavy atom. The van der Waals surface area contributed by atoms with Crippen LogP contribution in [0.2, 0.25) is 0 Å². The molecule has 0 aliphatic heterocycles. The van der Waals surface area contributed by atoms with E-state index < -0.39 is 0 Å². The van der Waals surface area contributed by atoms with Gasteiger partial charge >= 0.3 is 0 Å². The molecule has 0 radical (unpaired) electrons. The molecule has 112 valence electrons. The smallest absolute Gasteiger partial charge is 0.143 e. The maximum Gasteiger partial charge on any atom is 0.143 e. The first-order valence-corrected chi connectivity index (χ1v) is 8.14. The third kappa shape index (κ3) is 3.90. The summed E-state index contributed by atoms with van der Waals surface area (Å²) >= 11 is 0. The highest BCUT2D eigenvalue weighted by Crippen LogP contribution is 2.32. The van der Waals surface area contributed by atoms with Gasteiger partial charge in [0.05, 0.1) is 6.42 Å². The third-order valence-electron chi connectivity index (χ3n) is 4.46. The number of nitrogens with zero attached hydrogens (tertiary/aromatic N) is 3. The molecule has 1 saturated carbocycles. The Balaban J connectivity index is 1.85. The number of rotatable bonds is 7. The van der Waals surface area contributed by atoms with Crippen molar-refractivity contribution in [1.29, 1.82) is 0 Å². The lowest BCUT2D eigenvalue weighted by atomic mass is 9.78. The van der Waals surface area contributed by atoms with Crippen LogP contribution in [0.1, 0.15) is 64.6 Å². The van der Waals surface area contributed by atoms with Crippen molar-refractivity contribution in [3.63, 3.8) is 0 Å². The molecule has 0 saturated heterocycles. The first kappa shape index (κ1) is 15.2. The topological polar surface area (TPSA) is 47.8 Å². The third-order valence-corrected chi connectivity index (χ3v) is 4.46. The molecule has 1 aromatic heterocycles. The van der Waals surface area contributed by atoms with E-state index in [9.17, 15) is 4.79 Å². The fraction of sp³-hybridized carbons (Fsp3) is 0.812. The van der Waals surface area contributed by atoms with Crippen LogP contribution in [0.4, 0.5) is 0 Å². The van der Waals surface area contributed by atoms with Gasteiger partial charge in [0.25, 0.3) is 0 Å². The summed E-state index contributed by atoms with van der Waals surface area (Å²) in [6, 6.07) is 0. The van der Waals surface area contributed by atoms with Gasteiger partial charge in [0.2, 0.25) is 0 Å². The zero-order valence-electron chi connectivity index (χ0n) is 12.8. The van der Waals surface area contributed by atoms with Gasteiger partial charge in [0, 0.05) is 12.5 Å². The van der Waals surface area contributed by atoms with Crippen LogP contribution in [0.25, 0.3) is 0 Å². The summed E-state index contributed by atoms with van der Waals surface area (Å²) in [6.45, 7) is 5.21. The lowest BCUT2D eigenvalue weighted by Gasteiger charge is -2.27. The van der Waals surface area contributed by atoms with Crippen molar-refractivity contribution in [2.75, 3.05) is 0 Å². The van der Waals surface area contributed by atoms with Gasteiger partial charge in [-0.3, -0.25) is 4.79 Å². The van der Waals surface area contributed by atoms with E-state index in [1.54, 1.807) is 6.33 Å². The number of aryl methyl sites for hydroxylation is 1. The Hall–Kier alpha value is -1.19. The molecule has 0 spiro atoms. The average molecular weight is 277 g/mol. The molecule has 4 heteroatoms. The fourth-order valence-electron chi connectivity index (χ4n) is 3.31. The largest absolute Gasteiger partial charge is 0.299 e. The molecule has 0 aromatic carbocycles. The Morgan fingerprint density at radius 2 is 2.00 bits per heavy atom. The molecule has 1 aliphatic carbocycles. The summed E-state index contributed by atoms with van der Waals surface area (Å²) in [5.41, 5.74) is 0. The van der Waals surface area contributed by atoms with Crippen LogP contribution in [0.15, 0.2) is 6.33 Å². The van der Waals surface area contributed by atoms with Crippen LogP contribution >= 0.6 is 0 Å². The number of hydrogen-bond acceptors (Lipinski definition) is 3. The number of carbonyl (C=O) groups excluding carboxylic acids is 1. The number of ketones is 1. The number of aromatic nitrogens is 3.